The van der Waals surface area contributed by atoms with Crippen LogP contribution in [0.15, 0.2) is 23.1 Å². The molecule has 0 amide bonds. The van der Waals surface area contributed by atoms with Crippen molar-refractivity contribution in [2.24, 2.45) is 0 Å². The Morgan fingerprint density at radius 2 is 1.81 bits per heavy atom. The Labute approximate surface area is 156 Å². The molecule has 0 radical (unpaired) electrons. The van der Waals surface area contributed by atoms with E-state index in [4.69, 9.17) is 4.74 Å². The minimum atomic E-state index is -3.54. The minimum Gasteiger partial charge on any atom is -0.496 e. The van der Waals surface area contributed by atoms with Crippen molar-refractivity contribution < 1.29 is 13.2 Å². The molecule has 1 aliphatic rings. The molecule has 5 nitrogen and oxygen atoms in total. The second-order valence-corrected chi connectivity index (χ2v) is 8.97. The molecular formula is C20H28N2O3S. The van der Waals surface area contributed by atoms with E-state index in [1.807, 2.05) is 6.92 Å². The first-order chi connectivity index (χ1) is 12.2. The van der Waals surface area contributed by atoms with E-state index < -0.39 is 10.0 Å². The number of hydrogen-bond donors (Lipinski definition) is 1. The highest BCUT2D eigenvalue weighted by Crippen LogP contribution is 2.38. The monoisotopic (exact) mass is 376 g/mol. The normalized spacial score (nSPS) is 14.7. The van der Waals surface area contributed by atoms with E-state index in [0.717, 1.165) is 5.56 Å². The molecule has 1 saturated carbocycles. The lowest BCUT2D eigenvalue weighted by atomic mass is 10.1. The van der Waals surface area contributed by atoms with Gasteiger partial charge in [0, 0.05) is 24.0 Å². The molecule has 2 aromatic rings. The standard InChI is InChI=1S/C20H28N2O3S/c1-13-11-20(14(2)10-19(13)25-5)26(23,24)21-9-8-17-12-15(3)22(16(17)4)18-6-7-18/h10-12,18,21H,6-9H2,1-5H3. The zero-order chi connectivity index (χ0) is 19.1. The van der Waals surface area contributed by atoms with E-state index in [1.165, 1.54) is 29.8 Å². The molecule has 0 spiro atoms. The van der Waals surface area contributed by atoms with Crippen LogP contribution in [0, 0.1) is 27.7 Å². The molecule has 6 heteroatoms. The van der Waals surface area contributed by atoms with Crippen LogP contribution in [0.2, 0.25) is 0 Å². The number of aromatic nitrogens is 1. The fourth-order valence-electron chi connectivity index (χ4n) is 3.66. The van der Waals surface area contributed by atoms with E-state index in [0.29, 0.717) is 35.2 Å². The number of ether oxygens (including phenoxy) is 1. The van der Waals surface area contributed by atoms with E-state index in [9.17, 15) is 8.42 Å². The zero-order valence-corrected chi connectivity index (χ0v) is 17.0. The first kappa shape index (κ1) is 19.0. The largest absolute Gasteiger partial charge is 0.496 e. The Hall–Kier alpha value is -1.79. The van der Waals surface area contributed by atoms with E-state index in [1.54, 1.807) is 26.2 Å². The van der Waals surface area contributed by atoms with E-state index in [-0.39, 0.29) is 0 Å². The second kappa shape index (κ2) is 7.08. The summed E-state index contributed by atoms with van der Waals surface area (Å²) in [5.41, 5.74) is 5.25. The maximum atomic E-state index is 12.7. The van der Waals surface area contributed by atoms with Gasteiger partial charge in [-0.05, 0) is 81.8 Å². The van der Waals surface area contributed by atoms with Gasteiger partial charge in [0.15, 0.2) is 0 Å². The molecule has 1 heterocycles. The van der Waals surface area contributed by atoms with Crippen LogP contribution in [0.4, 0.5) is 0 Å². The highest BCUT2D eigenvalue weighted by atomic mass is 32.2. The van der Waals surface area contributed by atoms with Crippen LogP contribution < -0.4 is 9.46 Å². The molecule has 1 aromatic heterocycles. The number of rotatable bonds is 7. The van der Waals surface area contributed by atoms with Gasteiger partial charge in [-0.2, -0.15) is 0 Å². The van der Waals surface area contributed by atoms with Gasteiger partial charge in [0.2, 0.25) is 10.0 Å². The lowest BCUT2D eigenvalue weighted by Crippen LogP contribution is -2.27. The first-order valence-electron chi connectivity index (χ1n) is 9.07. The molecule has 0 atom stereocenters. The molecule has 1 aromatic carbocycles. The van der Waals surface area contributed by atoms with E-state index in [2.05, 4.69) is 29.2 Å². The molecule has 0 saturated heterocycles. The summed E-state index contributed by atoms with van der Waals surface area (Å²) in [5.74, 6) is 0.703. The number of methoxy groups -OCH3 is 1. The lowest BCUT2D eigenvalue weighted by molar-refractivity contribution is 0.411. The summed E-state index contributed by atoms with van der Waals surface area (Å²) >= 11 is 0. The fraction of sp³-hybridized carbons (Fsp3) is 0.500. The summed E-state index contributed by atoms with van der Waals surface area (Å²) < 4.78 is 35.8. The molecular weight excluding hydrogens is 348 g/mol. The van der Waals surface area contributed by atoms with Crippen molar-refractivity contribution in [1.29, 1.82) is 0 Å². The van der Waals surface area contributed by atoms with Crippen molar-refractivity contribution >= 4 is 10.0 Å². The molecule has 1 aliphatic carbocycles. The number of benzene rings is 1. The van der Waals surface area contributed by atoms with Gasteiger partial charge in [-0.15, -0.1) is 0 Å². The topological polar surface area (TPSA) is 60.3 Å². The fourth-order valence-corrected chi connectivity index (χ4v) is 5.00. The zero-order valence-electron chi connectivity index (χ0n) is 16.2. The maximum Gasteiger partial charge on any atom is 0.240 e. The Balaban J connectivity index is 1.71. The quantitative estimate of drug-likeness (QED) is 0.803. The molecule has 1 fully saturated rings. The Kier molecular flexibility index (Phi) is 5.17. The predicted octanol–water partition coefficient (Wildman–Crippen LogP) is 3.59. The van der Waals surface area contributed by atoms with Gasteiger partial charge in [-0.25, -0.2) is 13.1 Å². The van der Waals surface area contributed by atoms with Crippen LogP contribution in [0.3, 0.4) is 0 Å². The van der Waals surface area contributed by atoms with Crippen LogP contribution in [0.5, 0.6) is 5.75 Å². The molecule has 26 heavy (non-hydrogen) atoms. The van der Waals surface area contributed by atoms with Crippen molar-refractivity contribution in [3.63, 3.8) is 0 Å². The highest BCUT2D eigenvalue weighted by molar-refractivity contribution is 7.89. The first-order valence-corrected chi connectivity index (χ1v) is 10.5. The van der Waals surface area contributed by atoms with Crippen LogP contribution in [0.1, 0.15) is 47.0 Å². The molecule has 1 N–H and O–H groups in total. The molecule has 142 valence electrons. The number of aryl methyl sites for hydroxylation is 3. The van der Waals surface area contributed by atoms with Crippen molar-refractivity contribution in [2.75, 3.05) is 13.7 Å². The second-order valence-electron chi connectivity index (χ2n) is 7.23. The van der Waals surface area contributed by atoms with Crippen LogP contribution in [0.25, 0.3) is 0 Å². The van der Waals surface area contributed by atoms with Gasteiger partial charge >= 0.3 is 0 Å². The van der Waals surface area contributed by atoms with Crippen molar-refractivity contribution in [1.82, 2.24) is 9.29 Å². The van der Waals surface area contributed by atoms with Crippen molar-refractivity contribution in [3.05, 3.63) is 46.3 Å². The van der Waals surface area contributed by atoms with Crippen LogP contribution >= 0.6 is 0 Å². The van der Waals surface area contributed by atoms with Gasteiger partial charge in [-0.3, -0.25) is 0 Å². The molecule has 3 rings (SSSR count). The van der Waals surface area contributed by atoms with Gasteiger partial charge < -0.3 is 9.30 Å². The predicted molar refractivity (Wildman–Crippen MR) is 104 cm³/mol. The number of nitrogens with zero attached hydrogens (tertiary/aromatic N) is 1. The van der Waals surface area contributed by atoms with Gasteiger partial charge in [0.25, 0.3) is 0 Å². The SMILES string of the molecule is COc1cc(C)c(S(=O)(=O)NCCc2cc(C)n(C3CC3)c2C)cc1C. The smallest absolute Gasteiger partial charge is 0.240 e. The van der Waals surface area contributed by atoms with Crippen LogP contribution in [-0.4, -0.2) is 26.6 Å². The third-order valence-electron chi connectivity index (χ3n) is 5.17. The third kappa shape index (κ3) is 3.67. The highest BCUT2D eigenvalue weighted by Gasteiger charge is 2.27. The summed E-state index contributed by atoms with van der Waals surface area (Å²) in [5, 5.41) is 0. The van der Waals surface area contributed by atoms with E-state index >= 15 is 0 Å². The lowest BCUT2D eigenvalue weighted by Gasteiger charge is -2.13. The molecule has 0 unspecified atom stereocenters. The number of sulfonamides is 1. The minimum absolute atomic E-state index is 0.319. The summed E-state index contributed by atoms with van der Waals surface area (Å²) in [7, 11) is -1.95. The Morgan fingerprint density at radius 1 is 1.12 bits per heavy atom. The molecule has 0 aliphatic heterocycles. The third-order valence-corrected chi connectivity index (χ3v) is 6.77. The van der Waals surface area contributed by atoms with Gasteiger partial charge in [0.05, 0.1) is 12.0 Å². The van der Waals surface area contributed by atoms with Crippen molar-refractivity contribution in [3.8, 4) is 5.75 Å². The van der Waals surface area contributed by atoms with Gasteiger partial charge in [-0.1, -0.05) is 0 Å². The maximum absolute atomic E-state index is 12.7. The Morgan fingerprint density at radius 3 is 2.42 bits per heavy atom. The van der Waals surface area contributed by atoms with Crippen LogP contribution in [-0.2, 0) is 16.4 Å². The average Bonchev–Trinajstić information content (AvgIpc) is 3.36. The Bertz CT molecular complexity index is 925. The average molecular weight is 377 g/mol. The summed E-state index contributed by atoms with van der Waals surface area (Å²) in [6.45, 7) is 8.29. The van der Waals surface area contributed by atoms with Gasteiger partial charge in [0.1, 0.15) is 5.75 Å². The molecule has 0 bridgehead atoms. The summed E-state index contributed by atoms with van der Waals surface area (Å²) in [6, 6.07) is 6.28. The van der Waals surface area contributed by atoms with Crippen molar-refractivity contribution in [2.45, 2.75) is 57.9 Å². The number of hydrogen-bond acceptors (Lipinski definition) is 3. The number of nitrogens with one attached hydrogen (secondary N) is 1. The summed E-state index contributed by atoms with van der Waals surface area (Å²) in [4.78, 5) is 0.319. The summed E-state index contributed by atoms with van der Waals surface area (Å²) in [6.07, 6.45) is 3.19.